The maximum absolute atomic E-state index is 5.67. The van der Waals surface area contributed by atoms with E-state index in [-0.39, 0.29) is 5.41 Å². The first-order chi connectivity index (χ1) is 6.69. The van der Waals surface area contributed by atoms with E-state index >= 15 is 0 Å². The number of rotatable bonds is 2. The number of nitrogens with zero attached hydrogens (tertiary/aromatic N) is 1. The predicted molar refractivity (Wildman–Crippen MR) is 59.1 cm³/mol. The lowest BCUT2D eigenvalue weighted by Gasteiger charge is -2.24. The van der Waals surface area contributed by atoms with Crippen molar-refractivity contribution in [1.29, 1.82) is 0 Å². The normalized spacial score (nSPS) is 20.1. The van der Waals surface area contributed by atoms with Gasteiger partial charge in [0.1, 0.15) is 4.47 Å². The smallest absolute Gasteiger partial charge is 0.181 e. The molecule has 0 saturated heterocycles. The summed E-state index contributed by atoms with van der Waals surface area (Å²) in [6.07, 6.45) is 6.04. The molecule has 0 aliphatic heterocycles. The summed E-state index contributed by atoms with van der Waals surface area (Å²) in [7, 11) is 0. The lowest BCUT2D eigenvalue weighted by molar-refractivity contribution is 0.281. The highest BCUT2D eigenvalue weighted by Gasteiger charge is 2.39. The van der Waals surface area contributed by atoms with Gasteiger partial charge in [-0.3, -0.25) is 0 Å². The summed E-state index contributed by atoms with van der Waals surface area (Å²) in [4.78, 5) is 0. The van der Waals surface area contributed by atoms with Crippen molar-refractivity contribution in [3.63, 3.8) is 0 Å². The number of halogens is 1. The van der Waals surface area contributed by atoms with E-state index in [0.29, 0.717) is 5.82 Å². The van der Waals surface area contributed by atoms with Crippen LogP contribution in [0.1, 0.15) is 44.8 Å². The molecule has 78 valence electrons. The maximum atomic E-state index is 5.67. The van der Waals surface area contributed by atoms with E-state index in [4.69, 9.17) is 10.3 Å². The molecule has 1 aliphatic carbocycles. The topological polar surface area (TPSA) is 52.0 Å². The number of anilines is 1. The zero-order valence-corrected chi connectivity index (χ0v) is 9.93. The minimum Gasteiger partial charge on any atom is -0.380 e. The SMILES string of the molecule is CCC1(c2onc(N)c2Br)CCCC1. The Morgan fingerprint density at radius 3 is 2.57 bits per heavy atom. The van der Waals surface area contributed by atoms with Crippen LogP contribution in [0, 0.1) is 0 Å². The molecule has 4 heteroatoms. The predicted octanol–water partition coefficient (Wildman–Crippen LogP) is 3.24. The van der Waals surface area contributed by atoms with Crippen molar-refractivity contribution >= 4 is 21.7 Å². The molecule has 3 nitrogen and oxygen atoms in total. The van der Waals surface area contributed by atoms with Gasteiger partial charge in [0.25, 0.3) is 0 Å². The van der Waals surface area contributed by atoms with E-state index in [2.05, 4.69) is 28.0 Å². The van der Waals surface area contributed by atoms with Crippen molar-refractivity contribution in [3.05, 3.63) is 10.2 Å². The summed E-state index contributed by atoms with van der Waals surface area (Å²) in [5.41, 5.74) is 5.85. The van der Waals surface area contributed by atoms with Crippen LogP contribution in [-0.4, -0.2) is 5.16 Å². The number of nitrogen functional groups attached to an aromatic ring is 1. The maximum Gasteiger partial charge on any atom is 0.181 e. The highest BCUT2D eigenvalue weighted by Crippen LogP contribution is 2.47. The van der Waals surface area contributed by atoms with Gasteiger partial charge in [-0.05, 0) is 35.2 Å². The molecule has 1 heterocycles. The minimum atomic E-state index is 0.184. The second-order valence-electron chi connectivity index (χ2n) is 4.05. The van der Waals surface area contributed by atoms with Gasteiger partial charge in [0.05, 0.1) is 0 Å². The minimum absolute atomic E-state index is 0.184. The number of hydrogen-bond acceptors (Lipinski definition) is 3. The Labute approximate surface area is 92.2 Å². The van der Waals surface area contributed by atoms with Crippen molar-refractivity contribution in [3.8, 4) is 0 Å². The second-order valence-corrected chi connectivity index (χ2v) is 4.84. The number of nitrogens with two attached hydrogens (primary N) is 1. The fraction of sp³-hybridized carbons (Fsp3) is 0.700. The average molecular weight is 259 g/mol. The molecular formula is C10H15BrN2O. The van der Waals surface area contributed by atoms with Crippen LogP contribution in [-0.2, 0) is 5.41 Å². The molecule has 0 aromatic carbocycles. The van der Waals surface area contributed by atoms with Gasteiger partial charge in [0, 0.05) is 5.41 Å². The van der Waals surface area contributed by atoms with Crippen LogP contribution < -0.4 is 5.73 Å². The molecule has 1 fully saturated rings. The van der Waals surface area contributed by atoms with Gasteiger partial charge >= 0.3 is 0 Å². The first-order valence-corrected chi connectivity index (χ1v) is 5.90. The third-order valence-corrected chi connectivity index (χ3v) is 4.14. The summed E-state index contributed by atoms with van der Waals surface area (Å²) in [6, 6.07) is 0. The van der Waals surface area contributed by atoms with E-state index in [1.165, 1.54) is 25.7 Å². The molecule has 0 atom stereocenters. The van der Waals surface area contributed by atoms with Crippen LogP contribution in [0.25, 0.3) is 0 Å². The van der Waals surface area contributed by atoms with Gasteiger partial charge in [-0.15, -0.1) is 0 Å². The lowest BCUT2D eigenvalue weighted by atomic mass is 9.81. The van der Waals surface area contributed by atoms with E-state index in [1.807, 2.05) is 0 Å². The summed E-state index contributed by atoms with van der Waals surface area (Å²) < 4.78 is 6.21. The van der Waals surface area contributed by atoms with Gasteiger partial charge in [-0.25, -0.2) is 0 Å². The Bertz CT molecular complexity index is 329. The monoisotopic (exact) mass is 258 g/mol. The van der Waals surface area contributed by atoms with Gasteiger partial charge in [0.2, 0.25) is 0 Å². The fourth-order valence-corrected chi connectivity index (χ4v) is 2.98. The van der Waals surface area contributed by atoms with Crippen LogP contribution in [0.4, 0.5) is 5.82 Å². The van der Waals surface area contributed by atoms with E-state index < -0.39 is 0 Å². The molecule has 2 N–H and O–H groups in total. The molecule has 14 heavy (non-hydrogen) atoms. The second kappa shape index (κ2) is 3.57. The Morgan fingerprint density at radius 2 is 2.14 bits per heavy atom. The molecule has 2 rings (SSSR count). The Kier molecular flexibility index (Phi) is 2.56. The van der Waals surface area contributed by atoms with Crippen LogP contribution in [0.5, 0.6) is 0 Å². The van der Waals surface area contributed by atoms with Crippen molar-refractivity contribution < 1.29 is 4.52 Å². The largest absolute Gasteiger partial charge is 0.380 e. The van der Waals surface area contributed by atoms with Crippen molar-refractivity contribution in [1.82, 2.24) is 5.16 Å². The zero-order chi connectivity index (χ0) is 10.2. The molecule has 0 radical (unpaired) electrons. The molecule has 1 aliphatic rings. The van der Waals surface area contributed by atoms with Crippen LogP contribution >= 0.6 is 15.9 Å². The molecule has 0 bridgehead atoms. The summed E-state index contributed by atoms with van der Waals surface area (Å²) >= 11 is 3.45. The molecule has 1 aromatic rings. The van der Waals surface area contributed by atoms with Crippen molar-refractivity contribution in [2.24, 2.45) is 0 Å². The first kappa shape index (κ1) is 10.0. The van der Waals surface area contributed by atoms with Crippen LogP contribution in [0.2, 0.25) is 0 Å². The highest BCUT2D eigenvalue weighted by molar-refractivity contribution is 9.10. The summed E-state index contributed by atoms with van der Waals surface area (Å²) in [6.45, 7) is 2.20. The lowest BCUT2D eigenvalue weighted by Crippen LogP contribution is -2.20. The molecule has 1 aromatic heterocycles. The van der Waals surface area contributed by atoms with Gasteiger partial charge in [0.15, 0.2) is 11.6 Å². The van der Waals surface area contributed by atoms with Gasteiger partial charge in [-0.2, -0.15) is 0 Å². The number of aromatic nitrogens is 1. The Hall–Kier alpha value is -0.510. The Morgan fingerprint density at radius 1 is 1.50 bits per heavy atom. The molecule has 0 spiro atoms. The van der Waals surface area contributed by atoms with Crippen LogP contribution in [0.15, 0.2) is 9.00 Å². The number of hydrogen-bond donors (Lipinski definition) is 1. The van der Waals surface area contributed by atoms with E-state index in [1.54, 1.807) is 0 Å². The van der Waals surface area contributed by atoms with Gasteiger partial charge < -0.3 is 10.3 Å². The van der Waals surface area contributed by atoms with Crippen molar-refractivity contribution in [2.45, 2.75) is 44.4 Å². The quantitative estimate of drug-likeness (QED) is 0.886. The van der Waals surface area contributed by atoms with Gasteiger partial charge in [-0.1, -0.05) is 24.9 Å². The standard InChI is InChI=1S/C10H15BrN2O/c1-2-10(5-3-4-6-10)8-7(11)9(12)13-14-8/h2-6H2,1H3,(H2,12,13). The average Bonchev–Trinajstić information content (AvgIpc) is 2.77. The third-order valence-electron chi connectivity index (χ3n) is 3.38. The summed E-state index contributed by atoms with van der Waals surface area (Å²) in [5, 5.41) is 3.81. The molecular weight excluding hydrogens is 244 g/mol. The zero-order valence-electron chi connectivity index (χ0n) is 8.35. The fourth-order valence-electron chi connectivity index (χ4n) is 2.41. The van der Waals surface area contributed by atoms with E-state index in [0.717, 1.165) is 16.7 Å². The molecule has 1 saturated carbocycles. The highest BCUT2D eigenvalue weighted by atomic mass is 79.9. The molecule has 0 amide bonds. The van der Waals surface area contributed by atoms with Crippen molar-refractivity contribution in [2.75, 3.05) is 5.73 Å². The van der Waals surface area contributed by atoms with Crippen LogP contribution in [0.3, 0.4) is 0 Å². The third kappa shape index (κ3) is 1.36. The van der Waals surface area contributed by atoms with E-state index in [9.17, 15) is 0 Å². The molecule has 0 unspecified atom stereocenters. The Balaban J connectivity index is 2.40. The summed E-state index contributed by atoms with van der Waals surface area (Å²) in [5.74, 6) is 1.43. The first-order valence-electron chi connectivity index (χ1n) is 5.11.